The minimum absolute atomic E-state index is 0.0773. The highest BCUT2D eigenvalue weighted by atomic mass is 16.2. The standard InChI is InChI=1S/C13H17N5O/c14-6-1-4-13(19)18-8-2-3-11(18)9-16-12-5-7-15-10-17-12/h5,7,10-11H,1-4,8-9H2,(H,15,16,17). The first-order valence-corrected chi connectivity index (χ1v) is 6.47. The number of aromatic nitrogens is 2. The molecule has 100 valence electrons. The van der Waals surface area contributed by atoms with E-state index in [-0.39, 0.29) is 11.9 Å². The average molecular weight is 259 g/mol. The van der Waals surface area contributed by atoms with E-state index in [1.165, 1.54) is 6.33 Å². The quantitative estimate of drug-likeness (QED) is 0.858. The molecule has 0 aliphatic carbocycles. The number of likely N-dealkylation sites (tertiary alicyclic amines) is 1. The fourth-order valence-corrected chi connectivity index (χ4v) is 2.30. The summed E-state index contributed by atoms with van der Waals surface area (Å²) in [7, 11) is 0. The average Bonchev–Trinajstić information content (AvgIpc) is 2.92. The first kappa shape index (κ1) is 13.3. The topological polar surface area (TPSA) is 81.9 Å². The van der Waals surface area contributed by atoms with E-state index in [0.717, 1.165) is 25.2 Å². The van der Waals surface area contributed by atoms with Crippen molar-refractivity contribution in [3.05, 3.63) is 18.6 Å². The van der Waals surface area contributed by atoms with Crippen molar-refractivity contribution in [2.24, 2.45) is 0 Å². The summed E-state index contributed by atoms with van der Waals surface area (Å²) in [6.07, 6.45) is 5.80. The molecule has 1 atom stereocenters. The molecule has 0 radical (unpaired) electrons. The second kappa shape index (κ2) is 6.69. The van der Waals surface area contributed by atoms with Crippen LogP contribution in [0, 0.1) is 11.3 Å². The zero-order valence-corrected chi connectivity index (χ0v) is 10.7. The number of nitriles is 1. The van der Waals surface area contributed by atoms with Crippen LogP contribution in [0.4, 0.5) is 5.82 Å². The minimum atomic E-state index is 0.0773. The summed E-state index contributed by atoms with van der Waals surface area (Å²) in [5.41, 5.74) is 0. The van der Waals surface area contributed by atoms with Gasteiger partial charge >= 0.3 is 0 Å². The van der Waals surface area contributed by atoms with Gasteiger partial charge in [0.2, 0.25) is 5.91 Å². The van der Waals surface area contributed by atoms with Crippen LogP contribution in [0.15, 0.2) is 18.6 Å². The van der Waals surface area contributed by atoms with Gasteiger partial charge in [0.1, 0.15) is 12.1 Å². The summed E-state index contributed by atoms with van der Waals surface area (Å²) in [5, 5.41) is 11.7. The zero-order chi connectivity index (χ0) is 13.5. The Hall–Kier alpha value is -2.16. The molecular weight excluding hydrogens is 242 g/mol. The van der Waals surface area contributed by atoms with Gasteiger partial charge in [-0.05, 0) is 18.9 Å². The lowest BCUT2D eigenvalue weighted by molar-refractivity contribution is -0.131. The number of rotatable bonds is 5. The number of carbonyl (C=O) groups is 1. The van der Waals surface area contributed by atoms with Crippen LogP contribution < -0.4 is 5.32 Å². The van der Waals surface area contributed by atoms with Crippen LogP contribution in [0.2, 0.25) is 0 Å². The summed E-state index contributed by atoms with van der Waals surface area (Å²) in [4.78, 5) is 21.8. The predicted molar refractivity (Wildman–Crippen MR) is 70.1 cm³/mol. The Morgan fingerprint density at radius 2 is 2.53 bits per heavy atom. The van der Waals surface area contributed by atoms with Gasteiger partial charge in [0, 0.05) is 38.2 Å². The fourth-order valence-electron chi connectivity index (χ4n) is 2.30. The van der Waals surface area contributed by atoms with Gasteiger partial charge in [0.05, 0.1) is 6.07 Å². The van der Waals surface area contributed by atoms with Crippen molar-refractivity contribution in [2.75, 3.05) is 18.4 Å². The van der Waals surface area contributed by atoms with Crippen LogP contribution >= 0.6 is 0 Å². The lowest BCUT2D eigenvalue weighted by atomic mass is 10.2. The van der Waals surface area contributed by atoms with Crippen molar-refractivity contribution < 1.29 is 4.79 Å². The molecule has 19 heavy (non-hydrogen) atoms. The monoisotopic (exact) mass is 259 g/mol. The molecule has 1 unspecified atom stereocenters. The van der Waals surface area contributed by atoms with Crippen molar-refractivity contribution in [1.82, 2.24) is 14.9 Å². The third kappa shape index (κ3) is 3.65. The third-order valence-corrected chi connectivity index (χ3v) is 3.25. The Morgan fingerprint density at radius 1 is 1.63 bits per heavy atom. The van der Waals surface area contributed by atoms with Gasteiger partial charge in [-0.3, -0.25) is 4.79 Å². The van der Waals surface area contributed by atoms with Crippen molar-refractivity contribution >= 4 is 11.7 Å². The molecule has 6 heteroatoms. The third-order valence-electron chi connectivity index (χ3n) is 3.25. The number of hydrogen-bond acceptors (Lipinski definition) is 5. The van der Waals surface area contributed by atoms with E-state index in [1.54, 1.807) is 12.3 Å². The molecule has 0 aromatic carbocycles. The van der Waals surface area contributed by atoms with Gasteiger partial charge in [0.15, 0.2) is 0 Å². The Labute approximate surface area is 112 Å². The lowest BCUT2D eigenvalue weighted by Gasteiger charge is -2.24. The summed E-state index contributed by atoms with van der Waals surface area (Å²) in [6.45, 7) is 1.48. The predicted octanol–water partition coefficient (Wildman–Crippen LogP) is 1.18. The number of anilines is 1. The lowest BCUT2D eigenvalue weighted by Crippen LogP contribution is -2.39. The maximum Gasteiger partial charge on any atom is 0.223 e. The summed E-state index contributed by atoms with van der Waals surface area (Å²) < 4.78 is 0. The Balaban J connectivity index is 1.85. The highest BCUT2D eigenvalue weighted by Crippen LogP contribution is 2.19. The minimum Gasteiger partial charge on any atom is -0.368 e. The molecule has 1 saturated heterocycles. The van der Waals surface area contributed by atoms with E-state index >= 15 is 0 Å². The Kier molecular flexibility index (Phi) is 4.67. The first-order valence-electron chi connectivity index (χ1n) is 6.47. The number of hydrogen-bond donors (Lipinski definition) is 1. The van der Waals surface area contributed by atoms with Crippen LogP contribution in [0.1, 0.15) is 25.7 Å². The molecule has 1 aliphatic heterocycles. The van der Waals surface area contributed by atoms with E-state index in [4.69, 9.17) is 5.26 Å². The van der Waals surface area contributed by atoms with Crippen LogP contribution in [-0.4, -0.2) is 39.9 Å². The summed E-state index contributed by atoms with van der Waals surface area (Å²) in [5.74, 6) is 0.847. The number of amides is 1. The normalized spacial score (nSPS) is 18.1. The molecule has 1 aromatic rings. The molecule has 1 fully saturated rings. The van der Waals surface area contributed by atoms with Crippen molar-refractivity contribution in [3.8, 4) is 6.07 Å². The Bertz CT molecular complexity index is 456. The van der Waals surface area contributed by atoms with Gasteiger partial charge < -0.3 is 10.2 Å². The van der Waals surface area contributed by atoms with Gasteiger partial charge in [-0.2, -0.15) is 5.26 Å². The van der Waals surface area contributed by atoms with Crippen molar-refractivity contribution in [1.29, 1.82) is 5.26 Å². The van der Waals surface area contributed by atoms with Crippen molar-refractivity contribution in [2.45, 2.75) is 31.7 Å². The van der Waals surface area contributed by atoms with E-state index in [0.29, 0.717) is 19.4 Å². The summed E-state index contributed by atoms with van der Waals surface area (Å²) >= 11 is 0. The Morgan fingerprint density at radius 3 is 3.26 bits per heavy atom. The first-order chi connectivity index (χ1) is 9.31. The molecule has 1 N–H and O–H groups in total. The smallest absolute Gasteiger partial charge is 0.223 e. The van der Waals surface area contributed by atoms with E-state index < -0.39 is 0 Å². The molecule has 0 saturated carbocycles. The number of carbonyl (C=O) groups excluding carboxylic acids is 1. The molecule has 0 spiro atoms. The highest BCUT2D eigenvalue weighted by molar-refractivity contribution is 5.77. The SMILES string of the molecule is N#CCCC(=O)N1CCCC1CNc1ccncn1. The van der Waals surface area contributed by atoms with Crippen LogP contribution in [0.3, 0.4) is 0 Å². The number of nitrogens with zero attached hydrogens (tertiary/aromatic N) is 4. The van der Waals surface area contributed by atoms with Crippen LogP contribution in [0.5, 0.6) is 0 Å². The molecule has 0 bridgehead atoms. The van der Waals surface area contributed by atoms with Gasteiger partial charge in [-0.25, -0.2) is 9.97 Å². The molecule has 1 aliphatic rings. The fraction of sp³-hybridized carbons (Fsp3) is 0.538. The van der Waals surface area contributed by atoms with Crippen LogP contribution in [0.25, 0.3) is 0 Å². The van der Waals surface area contributed by atoms with Crippen LogP contribution in [-0.2, 0) is 4.79 Å². The maximum atomic E-state index is 11.9. The molecule has 2 rings (SSSR count). The zero-order valence-electron chi connectivity index (χ0n) is 10.7. The molecule has 6 nitrogen and oxygen atoms in total. The van der Waals surface area contributed by atoms with E-state index in [9.17, 15) is 4.79 Å². The van der Waals surface area contributed by atoms with Gasteiger partial charge in [0.25, 0.3) is 0 Å². The maximum absolute atomic E-state index is 11.9. The molecule has 2 heterocycles. The molecule has 1 aromatic heterocycles. The van der Waals surface area contributed by atoms with Gasteiger partial charge in [-0.1, -0.05) is 0 Å². The van der Waals surface area contributed by atoms with E-state index in [2.05, 4.69) is 15.3 Å². The number of nitrogens with one attached hydrogen (secondary N) is 1. The largest absolute Gasteiger partial charge is 0.368 e. The molecule has 1 amide bonds. The second-order valence-corrected chi connectivity index (χ2v) is 4.52. The van der Waals surface area contributed by atoms with E-state index in [1.807, 2.05) is 11.0 Å². The van der Waals surface area contributed by atoms with Crippen molar-refractivity contribution in [3.63, 3.8) is 0 Å². The molecular formula is C13H17N5O. The second-order valence-electron chi connectivity index (χ2n) is 4.52. The highest BCUT2D eigenvalue weighted by Gasteiger charge is 2.27. The summed E-state index contributed by atoms with van der Waals surface area (Å²) in [6, 6.07) is 4.01. The van der Waals surface area contributed by atoms with Gasteiger partial charge in [-0.15, -0.1) is 0 Å².